The summed E-state index contributed by atoms with van der Waals surface area (Å²) in [7, 11) is -3.30. The number of nitrogens with zero attached hydrogens (tertiary/aromatic N) is 1. The van der Waals surface area contributed by atoms with Crippen molar-refractivity contribution in [1.29, 1.82) is 0 Å². The Bertz CT molecular complexity index is 870. The van der Waals surface area contributed by atoms with Gasteiger partial charge >= 0.3 is 0 Å². The Morgan fingerprint density at radius 1 is 1.29 bits per heavy atom. The van der Waals surface area contributed by atoms with Gasteiger partial charge in [-0.1, -0.05) is 25.1 Å². The van der Waals surface area contributed by atoms with Gasteiger partial charge in [0.2, 0.25) is 10.0 Å². The summed E-state index contributed by atoms with van der Waals surface area (Å²) in [5, 5.41) is 0. The van der Waals surface area contributed by atoms with Crippen molar-refractivity contribution < 1.29 is 17.6 Å². The van der Waals surface area contributed by atoms with Crippen LogP contribution in [0.5, 0.6) is 0 Å². The molecule has 2 aromatic rings. The fourth-order valence-corrected chi connectivity index (χ4v) is 3.35. The molecule has 0 aliphatic carbocycles. The maximum Gasteiger partial charge on any atom is 0.293 e. The summed E-state index contributed by atoms with van der Waals surface area (Å²) in [6.07, 6.45) is 2.77. The van der Waals surface area contributed by atoms with E-state index in [2.05, 4.69) is 11.6 Å². The van der Waals surface area contributed by atoms with E-state index in [9.17, 15) is 13.2 Å². The largest absolute Gasteiger partial charge is 0.455 e. The van der Waals surface area contributed by atoms with Gasteiger partial charge in [0.25, 0.3) is 5.91 Å². The molecule has 1 aliphatic heterocycles. The van der Waals surface area contributed by atoms with E-state index in [1.807, 2.05) is 18.2 Å². The molecular weight excluding hydrogens is 328 g/mol. The average molecular weight is 348 g/mol. The number of benzene rings is 1. The first-order valence-corrected chi connectivity index (χ1v) is 9.74. The molecule has 128 valence electrons. The Balaban J connectivity index is 1.81. The molecule has 7 heteroatoms. The Labute approximate surface area is 141 Å². The minimum Gasteiger partial charge on any atom is -0.455 e. The number of carbonyl (C=O) groups excluding carboxylic acids is 1. The first kappa shape index (κ1) is 16.7. The van der Waals surface area contributed by atoms with Crippen LogP contribution in [0.15, 0.2) is 34.7 Å². The summed E-state index contributed by atoms with van der Waals surface area (Å²) < 4.78 is 30.1. The van der Waals surface area contributed by atoms with Crippen molar-refractivity contribution in [2.45, 2.75) is 26.3 Å². The third-order valence-corrected chi connectivity index (χ3v) is 4.75. The van der Waals surface area contributed by atoms with Gasteiger partial charge in [-0.15, -0.1) is 0 Å². The van der Waals surface area contributed by atoms with Crippen molar-refractivity contribution in [3.63, 3.8) is 0 Å². The summed E-state index contributed by atoms with van der Waals surface area (Å²) in [6, 6.07) is 9.31. The Kier molecular flexibility index (Phi) is 4.47. The highest BCUT2D eigenvalue weighted by atomic mass is 32.2. The number of rotatable bonds is 5. The van der Waals surface area contributed by atoms with Gasteiger partial charge in [0, 0.05) is 6.54 Å². The molecule has 1 aromatic heterocycles. The predicted octanol–water partition coefficient (Wildman–Crippen LogP) is 2.09. The number of amides is 1. The van der Waals surface area contributed by atoms with Crippen molar-refractivity contribution in [2.75, 3.05) is 17.7 Å². The van der Waals surface area contributed by atoms with E-state index in [0.29, 0.717) is 12.3 Å². The summed E-state index contributed by atoms with van der Waals surface area (Å²) >= 11 is 0. The van der Waals surface area contributed by atoms with E-state index >= 15 is 0 Å². The molecule has 0 fully saturated rings. The van der Waals surface area contributed by atoms with Crippen LogP contribution in [0.2, 0.25) is 0 Å². The molecule has 1 amide bonds. The summed E-state index contributed by atoms with van der Waals surface area (Å²) in [6.45, 7) is 2.73. The van der Waals surface area contributed by atoms with E-state index in [0.717, 1.165) is 30.3 Å². The summed E-state index contributed by atoms with van der Waals surface area (Å²) in [5.41, 5.74) is 3.30. The molecule has 1 aliphatic rings. The second-order valence-electron chi connectivity index (χ2n) is 5.84. The third kappa shape index (κ3) is 3.37. The highest BCUT2D eigenvalue weighted by Gasteiger charge is 2.29. The van der Waals surface area contributed by atoms with Gasteiger partial charge in [-0.25, -0.2) is 13.1 Å². The lowest BCUT2D eigenvalue weighted by molar-refractivity contribution is 0.0961. The monoisotopic (exact) mass is 348 g/mol. The summed E-state index contributed by atoms with van der Waals surface area (Å²) in [5.74, 6) is 0.436. The molecule has 0 saturated heterocycles. The second-order valence-corrected chi connectivity index (χ2v) is 7.68. The maximum absolute atomic E-state index is 12.8. The lowest BCUT2D eigenvalue weighted by atomic mass is 10.1. The Morgan fingerprint density at radius 3 is 2.79 bits per heavy atom. The summed E-state index contributed by atoms with van der Waals surface area (Å²) in [4.78, 5) is 14.5. The number of carbonyl (C=O) groups is 1. The molecule has 24 heavy (non-hydrogen) atoms. The normalized spacial score (nSPS) is 14.0. The van der Waals surface area contributed by atoms with Gasteiger partial charge in [-0.05, 0) is 36.1 Å². The average Bonchev–Trinajstić information content (AvgIpc) is 3.18. The fraction of sp³-hybridized carbons (Fsp3) is 0.353. The number of anilines is 1. The minimum atomic E-state index is -3.30. The van der Waals surface area contributed by atoms with Crippen LogP contribution in [0, 0.1) is 0 Å². The Hall–Kier alpha value is -2.12. The zero-order valence-electron chi connectivity index (χ0n) is 13.7. The lowest BCUT2D eigenvalue weighted by Gasteiger charge is -2.19. The zero-order chi connectivity index (χ0) is 17.3. The van der Waals surface area contributed by atoms with Gasteiger partial charge < -0.3 is 9.32 Å². The molecule has 0 spiro atoms. The van der Waals surface area contributed by atoms with Crippen molar-refractivity contribution in [3.05, 3.63) is 53.0 Å². The molecule has 0 atom stereocenters. The molecule has 0 bridgehead atoms. The lowest BCUT2D eigenvalue weighted by Crippen LogP contribution is -2.29. The first-order chi connectivity index (χ1) is 11.4. The van der Waals surface area contributed by atoms with Crippen LogP contribution in [0.3, 0.4) is 0 Å². The van der Waals surface area contributed by atoms with Gasteiger partial charge in [0.15, 0.2) is 5.76 Å². The molecule has 2 heterocycles. The number of aryl methyl sites for hydroxylation is 1. The number of hydrogen-bond acceptors (Lipinski definition) is 4. The van der Waals surface area contributed by atoms with Crippen LogP contribution in [0.1, 0.15) is 34.4 Å². The second kappa shape index (κ2) is 6.41. The van der Waals surface area contributed by atoms with Gasteiger partial charge in [0.1, 0.15) is 5.76 Å². The van der Waals surface area contributed by atoms with Gasteiger partial charge in [0.05, 0.1) is 18.5 Å². The first-order valence-electron chi connectivity index (χ1n) is 7.85. The molecule has 3 rings (SSSR count). The SMILES string of the molecule is CCc1cccc2c1N(C(=O)c1ccc(CNS(C)(=O)=O)o1)CC2. The van der Waals surface area contributed by atoms with Crippen LogP contribution in [0.25, 0.3) is 0 Å². The van der Waals surface area contributed by atoms with Crippen LogP contribution in [-0.2, 0) is 29.4 Å². The standard InChI is InChI=1S/C17H20N2O4S/c1-3-12-5-4-6-13-9-10-19(16(12)13)17(20)15-8-7-14(23-15)11-18-24(2,21)22/h4-8,18H,3,9-11H2,1-2H3. The molecule has 6 nitrogen and oxygen atoms in total. The zero-order valence-corrected chi connectivity index (χ0v) is 14.5. The number of sulfonamides is 1. The number of para-hydroxylation sites is 1. The maximum atomic E-state index is 12.8. The van der Waals surface area contributed by atoms with E-state index in [4.69, 9.17) is 4.42 Å². The molecule has 0 radical (unpaired) electrons. The van der Waals surface area contributed by atoms with E-state index < -0.39 is 10.0 Å². The molecule has 0 saturated carbocycles. The van der Waals surface area contributed by atoms with E-state index in [-0.39, 0.29) is 18.2 Å². The minimum absolute atomic E-state index is 0.0307. The fourth-order valence-electron chi connectivity index (χ4n) is 2.95. The molecule has 1 aromatic carbocycles. The Morgan fingerprint density at radius 2 is 2.08 bits per heavy atom. The van der Waals surface area contributed by atoms with Crippen molar-refractivity contribution in [1.82, 2.24) is 4.72 Å². The van der Waals surface area contributed by atoms with Gasteiger partial charge in [-0.2, -0.15) is 0 Å². The number of hydrogen-bond donors (Lipinski definition) is 1. The smallest absolute Gasteiger partial charge is 0.293 e. The topological polar surface area (TPSA) is 79.6 Å². The van der Waals surface area contributed by atoms with Crippen molar-refractivity contribution in [2.24, 2.45) is 0 Å². The van der Waals surface area contributed by atoms with Gasteiger partial charge in [-0.3, -0.25) is 4.79 Å². The highest BCUT2D eigenvalue weighted by molar-refractivity contribution is 7.88. The van der Waals surface area contributed by atoms with Crippen LogP contribution >= 0.6 is 0 Å². The van der Waals surface area contributed by atoms with Crippen LogP contribution < -0.4 is 9.62 Å². The van der Waals surface area contributed by atoms with Crippen LogP contribution in [-0.4, -0.2) is 27.1 Å². The number of furan rings is 1. The predicted molar refractivity (Wildman–Crippen MR) is 91.6 cm³/mol. The van der Waals surface area contributed by atoms with Crippen LogP contribution in [0.4, 0.5) is 5.69 Å². The van der Waals surface area contributed by atoms with E-state index in [1.54, 1.807) is 17.0 Å². The number of nitrogens with one attached hydrogen (secondary N) is 1. The molecule has 1 N–H and O–H groups in total. The van der Waals surface area contributed by atoms with Crippen molar-refractivity contribution >= 4 is 21.6 Å². The third-order valence-electron chi connectivity index (χ3n) is 4.08. The quantitative estimate of drug-likeness (QED) is 0.897. The molecule has 0 unspecified atom stereocenters. The highest BCUT2D eigenvalue weighted by Crippen LogP contribution is 2.33. The number of fused-ring (bicyclic) bond motifs is 1. The van der Waals surface area contributed by atoms with E-state index in [1.165, 1.54) is 5.56 Å². The van der Waals surface area contributed by atoms with Crippen molar-refractivity contribution in [3.8, 4) is 0 Å². The molecular formula is C17H20N2O4S.